The molecular weight excluding hydrogens is 295 g/mol. The van der Waals surface area contributed by atoms with Gasteiger partial charge in [-0.1, -0.05) is 47.1 Å². The molecule has 0 radical (unpaired) electrons. The Morgan fingerprint density at radius 1 is 1.17 bits per heavy atom. The summed E-state index contributed by atoms with van der Waals surface area (Å²) in [5.41, 5.74) is 1.97. The Morgan fingerprint density at radius 2 is 1.94 bits per heavy atom. The monoisotopic (exact) mass is 308 g/mol. The van der Waals surface area contributed by atoms with Crippen LogP contribution in [-0.4, -0.2) is 0 Å². The molecule has 0 unspecified atom stereocenters. The molecule has 2 rings (SSSR count). The predicted molar refractivity (Wildman–Crippen MR) is 74.9 cm³/mol. The van der Waals surface area contributed by atoms with E-state index in [1.807, 2.05) is 30.3 Å². The SMILES string of the molecule is CCc1cccc(Oc2c(F)cccc2CBr)c1. The Labute approximate surface area is 115 Å². The number of rotatable bonds is 4. The molecule has 0 amide bonds. The lowest BCUT2D eigenvalue weighted by Gasteiger charge is -2.11. The van der Waals surface area contributed by atoms with E-state index < -0.39 is 0 Å². The van der Waals surface area contributed by atoms with Crippen molar-refractivity contribution in [3.8, 4) is 11.5 Å². The van der Waals surface area contributed by atoms with Crippen LogP contribution in [0.25, 0.3) is 0 Å². The van der Waals surface area contributed by atoms with Crippen molar-refractivity contribution in [2.75, 3.05) is 0 Å². The van der Waals surface area contributed by atoms with E-state index in [0.717, 1.165) is 12.0 Å². The lowest BCUT2D eigenvalue weighted by atomic mass is 10.1. The van der Waals surface area contributed by atoms with Gasteiger partial charge >= 0.3 is 0 Å². The average molecular weight is 309 g/mol. The standard InChI is InChI=1S/C15H14BrFO/c1-2-11-5-3-7-13(9-11)18-15-12(10-16)6-4-8-14(15)17/h3-9H,2,10H2,1H3. The number of halogens is 2. The van der Waals surface area contributed by atoms with Gasteiger partial charge in [0.25, 0.3) is 0 Å². The molecule has 0 aromatic heterocycles. The molecule has 0 N–H and O–H groups in total. The van der Waals surface area contributed by atoms with Crippen molar-refractivity contribution in [2.45, 2.75) is 18.7 Å². The zero-order valence-electron chi connectivity index (χ0n) is 10.1. The van der Waals surface area contributed by atoms with Crippen LogP contribution in [0.1, 0.15) is 18.1 Å². The maximum Gasteiger partial charge on any atom is 0.167 e. The zero-order valence-corrected chi connectivity index (χ0v) is 11.7. The summed E-state index contributed by atoms with van der Waals surface area (Å²) < 4.78 is 19.4. The second-order valence-corrected chi connectivity index (χ2v) is 4.53. The fraction of sp³-hybridized carbons (Fsp3) is 0.200. The van der Waals surface area contributed by atoms with Crippen LogP contribution >= 0.6 is 15.9 Å². The van der Waals surface area contributed by atoms with E-state index in [-0.39, 0.29) is 5.82 Å². The Balaban J connectivity index is 2.33. The van der Waals surface area contributed by atoms with Crippen LogP contribution in [0.5, 0.6) is 11.5 Å². The number of ether oxygens (including phenoxy) is 1. The maximum atomic E-state index is 13.8. The average Bonchev–Trinajstić information content (AvgIpc) is 2.41. The molecule has 0 fully saturated rings. The highest BCUT2D eigenvalue weighted by molar-refractivity contribution is 9.08. The second kappa shape index (κ2) is 6.01. The third kappa shape index (κ3) is 2.91. The first kappa shape index (κ1) is 13.1. The van der Waals surface area contributed by atoms with Gasteiger partial charge in [0.05, 0.1) is 0 Å². The molecule has 94 valence electrons. The Morgan fingerprint density at radius 3 is 2.67 bits per heavy atom. The molecule has 0 saturated heterocycles. The number of benzene rings is 2. The van der Waals surface area contributed by atoms with E-state index in [1.54, 1.807) is 6.07 Å². The second-order valence-electron chi connectivity index (χ2n) is 3.96. The van der Waals surface area contributed by atoms with Crippen LogP contribution in [0, 0.1) is 5.82 Å². The van der Waals surface area contributed by atoms with E-state index in [4.69, 9.17) is 4.74 Å². The van der Waals surface area contributed by atoms with Gasteiger partial charge in [-0.3, -0.25) is 0 Å². The minimum atomic E-state index is -0.339. The van der Waals surface area contributed by atoms with Gasteiger partial charge in [-0.25, -0.2) is 4.39 Å². The van der Waals surface area contributed by atoms with Crippen LogP contribution < -0.4 is 4.74 Å². The Kier molecular flexibility index (Phi) is 4.37. The van der Waals surface area contributed by atoms with Crippen molar-refractivity contribution in [1.82, 2.24) is 0 Å². The highest BCUT2D eigenvalue weighted by Gasteiger charge is 2.10. The molecule has 0 aliphatic carbocycles. The number of alkyl halides is 1. The quantitative estimate of drug-likeness (QED) is 0.716. The van der Waals surface area contributed by atoms with Gasteiger partial charge in [0.1, 0.15) is 5.75 Å². The van der Waals surface area contributed by atoms with Crippen LogP contribution in [-0.2, 0) is 11.8 Å². The third-order valence-electron chi connectivity index (χ3n) is 2.72. The summed E-state index contributed by atoms with van der Waals surface area (Å²) >= 11 is 3.34. The van der Waals surface area contributed by atoms with Crippen LogP contribution in [0.2, 0.25) is 0 Å². The highest BCUT2D eigenvalue weighted by Crippen LogP contribution is 2.30. The minimum Gasteiger partial charge on any atom is -0.454 e. The van der Waals surface area contributed by atoms with E-state index >= 15 is 0 Å². The molecule has 0 spiro atoms. The summed E-state index contributed by atoms with van der Waals surface area (Å²) in [6.07, 6.45) is 0.930. The molecule has 0 aliphatic heterocycles. The van der Waals surface area contributed by atoms with Gasteiger partial charge in [-0.15, -0.1) is 0 Å². The fourth-order valence-electron chi connectivity index (χ4n) is 1.72. The summed E-state index contributed by atoms with van der Waals surface area (Å²) in [6, 6.07) is 12.7. The minimum absolute atomic E-state index is 0.294. The summed E-state index contributed by atoms with van der Waals surface area (Å²) in [6.45, 7) is 2.08. The van der Waals surface area contributed by atoms with Crippen LogP contribution in [0.4, 0.5) is 4.39 Å². The van der Waals surface area contributed by atoms with Crippen molar-refractivity contribution in [3.63, 3.8) is 0 Å². The van der Waals surface area contributed by atoms with Gasteiger partial charge < -0.3 is 4.74 Å². The third-order valence-corrected chi connectivity index (χ3v) is 3.32. The van der Waals surface area contributed by atoms with Crippen molar-refractivity contribution in [1.29, 1.82) is 0 Å². The van der Waals surface area contributed by atoms with Crippen molar-refractivity contribution in [3.05, 3.63) is 59.4 Å². The summed E-state index contributed by atoms with van der Waals surface area (Å²) in [5.74, 6) is 0.623. The molecule has 0 aliphatic rings. The molecule has 2 aromatic carbocycles. The van der Waals surface area contributed by atoms with Gasteiger partial charge in [0.2, 0.25) is 0 Å². The molecule has 18 heavy (non-hydrogen) atoms. The normalized spacial score (nSPS) is 10.4. The van der Waals surface area contributed by atoms with Crippen molar-refractivity contribution >= 4 is 15.9 Å². The highest BCUT2D eigenvalue weighted by atomic mass is 79.9. The molecule has 0 bridgehead atoms. The Hall–Kier alpha value is -1.35. The van der Waals surface area contributed by atoms with Gasteiger partial charge in [0.15, 0.2) is 11.6 Å². The molecular formula is C15H14BrFO. The smallest absolute Gasteiger partial charge is 0.167 e. The first-order chi connectivity index (χ1) is 8.74. The van der Waals surface area contributed by atoms with Crippen molar-refractivity contribution < 1.29 is 9.13 Å². The van der Waals surface area contributed by atoms with Crippen molar-refractivity contribution in [2.24, 2.45) is 0 Å². The predicted octanol–water partition coefficient (Wildman–Crippen LogP) is 5.08. The van der Waals surface area contributed by atoms with Gasteiger partial charge in [-0.05, 0) is 30.2 Å². The van der Waals surface area contributed by atoms with E-state index in [1.165, 1.54) is 11.6 Å². The number of hydrogen-bond donors (Lipinski definition) is 0. The molecule has 0 heterocycles. The largest absolute Gasteiger partial charge is 0.454 e. The summed E-state index contributed by atoms with van der Waals surface area (Å²) in [7, 11) is 0. The van der Waals surface area contributed by atoms with E-state index in [2.05, 4.69) is 22.9 Å². The molecule has 1 nitrogen and oxygen atoms in total. The molecule has 0 atom stereocenters. The lowest BCUT2D eigenvalue weighted by molar-refractivity contribution is 0.438. The topological polar surface area (TPSA) is 9.23 Å². The lowest BCUT2D eigenvalue weighted by Crippen LogP contribution is -1.93. The first-order valence-electron chi connectivity index (χ1n) is 5.84. The molecule has 0 saturated carbocycles. The van der Waals surface area contributed by atoms with Gasteiger partial charge in [0, 0.05) is 10.9 Å². The first-order valence-corrected chi connectivity index (χ1v) is 6.97. The van der Waals surface area contributed by atoms with Gasteiger partial charge in [-0.2, -0.15) is 0 Å². The van der Waals surface area contributed by atoms with E-state index in [9.17, 15) is 4.39 Å². The Bertz CT molecular complexity index is 540. The van der Waals surface area contributed by atoms with Crippen LogP contribution in [0.15, 0.2) is 42.5 Å². The maximum absolute atomic E-state index is 13.8. The zero-order chi connectivity index (χ0) is 13.0. The number of aryl methyl sites for hydroxylation is 1. The summed E-state index contributed by atoms with van der Waals surface area (Å²) in [4.78, 5) is 0. The fourth-order valence-corrected chi connectivity index (χ4v) is 2.16. The molecule has 3 heteroatoms. The molecule has 2 aromatic rings. The van der Waals surface area contributed by atoms with Crippen LogP contribution in [0.3, 0.4) is 0 Å². The summed E-state index contributed by atoms with van der Waals surface area (Å²) in [5, 5.41) is 0.563. The number of para-hydroxylation sites is 1. The number of hydrogen-bond acceptors (Lipinski definition) is 1. The van der Waals surface area contributed by atoms with E-state index in [0.29, 0.717) is 16.8 Å².